The highest BCUT2D eigenvalue weighted by Crippen LogP contribution is 2.41. The highest BCUT2D eigenvalue weighted by Gasteiger charge is 2.37. The minimum absolute atomic E-state index is 0.0286. The Bertz CT molecular complexity index is 1790. The van der Waals surface area contributed by atoms with E-state index in [1.54, 1.807) is 36.4 Å². The quantitative estimate of drug-likeness (QED) is 0.121. The molecule has 5 rings (SSSR count). The first-order valence-corrected chi connectivity index (χ1v) is 16.7. The molecule has 0 radical (unpaired) electrons. The highest BCUT2D eigenvalue weighted by molar-refractivity contribution is 7.92. The molecule has 0 atom stereocenters. The summed E-state index contributed by atoms with van der Waals surface area (Å²) >= 11 is 6.26. The Morgan fingerprint density at radius 3 is 2.58 bits per heavy atom. The number of halogens is 4. The molecule has 10 nitrogen and oxygen atoms in total. The number of fused-ring (bicyclic) bond motifs is 3. The van der Waals surface area contributed by atoms with Gasteiger partial charge in [0.1, 0.15) is 11.4 Å². The van der Waals surface area contributed by atoms with Gasteiger partial charge in [-0.05, 0) is 60.7 Å². The Hall–Kier alpha value is -2.71. The van der Waals surface area contributed by atoms with Crippen LogP contribution in [0.1, 0.15) is 19.3 Å². The Balaban J connectivity index is 1.39. The van der Waals surface area contributed by atoms with Crippen molar-refractivity contribution in [1.29, 1.82) is 0 Å². The molecular formula is C27H28ClF3N3O7PS. The Kier molecular flexibility index (Phi) is 9.11. The van der Waals surface area contributed by atoms with E-state index in [-0.39, 0.29) is 36.3 Å². The molecule has 0 aliphatic heterocycles. The molecule has 2 aromatic carbocycles. The van der Waals surface area contributed by atoms with E-state index in [0.29, 0.717) is 56.7 Å². The van der Waals surface area contributed by atoms with Crippen LogP contribution < -0.4 is 4.74 Å². The molecule has 0 spiro atoms. The first kappa shape index (κ1) is 31.7. The van der Waals surface area contributed by atoms with Gasteiger partial charge in [0.05, 0.1) is 40.4 Å². The van der Waals surface area contributed by atoms with Crippen LogP contribution in [0.5, 0.6) is 5.75 Å². The fourth-order valence-electron chi connectivity index (χ4n) is 4.89. The summed E-state index contributed by atoms with van der Waals surface area (Å²) in [6, 6.07) is 11.9. The lowest BCUT2D eigenvalue weighted by Gasteiger charge is -2.23. The second-order valence-electron chi connectivity index (χ2n) is 10.2. The summed E-state index contributed by atoms with van der Waals surface area (Å²) in [4.78, 5) is 26.4. The van der Waals surface area contributed by atoms with Gasteiger partial charge in [-0.3, -0.25) is 9.42 Å². The number of sulfone groups is 1. The summed E-state index contributed by atoms with van der Waals surface area (Å²) in [5.74, 6) is 0.404. The van der Waals surface area contributed by atoms with E-state index in [9.17, 15) is 26.2 Å². The van der Waals surface area contributed by atoms with Crippen molar-refractivity contribution in [2.75, 3.05) is 32.8 Å². The van der Waals surface area contributed by atoms with Crippen LogP contribution in [-0.4, -0.2) is 77.3 Å². The zero-order valence-corrected chi connectivity index (χ0v) is 25.0. The van der Waals surface area contributed by atoms with Crippen LogP contribution in [0.2, 0.25) is 5.02 Å². The molecule has 2 heterocycles. The molecule has 1 aliphatic rings. The molecule has 1 aliphatic carbocycles. The van der Waals surface area contributed by atoms with E-state index in [1.165, 1.54) is 6.20 Å². The third-order valence-corrected chi connectivity index (χ3v) is 9.90. The van der Waals surface area contributed by atoms with Crippen LogP contribution in [0.25, 0.3) is 33.1 Å². The van der Waals surface area contributed by atoms with Crippen LogP contribution in [0.3, 0.4) is 0 Å². The lowest BCUT2D eigenvalue weighted by molar-refractivity contribution is -0.146. The number of rotatable bonds is 13. The number of phosphoric acid groups is 1. The summed E-state index contributed by atoms with van der Waals surface area (Å²) in [5, 5.41) is 1.40. The summed E-state index contributed by atoms with van der Waals surface area (Å²) in [7, 11) is -8.23. The second kappa shape index (κ2) is 12.4. The lowest BCUT2D eigenvalue weighted by Crippen LogP contribution is -2.37. The highest BCUT2D eigenvalue weighted by atomic mass is 35.5. The van der Waals surface area contributed by atoms with Crippen LogP contribution in [0, 0.1) is 0 Å². The van der Waals surface area contributed by atoms with Crippen molar-refractivity contribution < 1.29 is 45.2 Å². The maximum atomic E-state index is 13.0. The van der Waals surface area contributed by atoms with Crippen molar-refractivity contribution in [2.24, 2.45) is 0 Å². The topological polar surface area (TPSA) is 142 Å². The van der Waals surface area contributed by atoms with Crippen molar-refractivity contribution in [3.8, 4) is 16.9 Å². The third kappa shape index (κ3) is 7.88. The molecule has 1 fully saturated rings. The average molecular weight is 662 g/mol. The van der Waals surface area contributed by atoms with Gasteiger partial charge in [-0.1, -0.05) is 23.7 Å². The number of benzene rings is 2. The number of aromatic amines is 1. The summed E-state index contributed by atoms with van der Waals surface area (Å²) in [5.41, 5.74) is 2.45. The average Bonchev–Trinajstić information content (AvgIpc) is 3.72. The number of H-pyrrole nitrogens is 1. The third-order valence-electron chi connectivity index (χ3n) is 6.92. The first-order chi connectivity index (χ1) is 20.2. The Labute approximate surface area is 249 Å². The number of ether oxygens (including phenoxy) is 1. The minimum atomic E-state index is -4.80. The van der Waals surface area contributed by atoms with E-state index in [0.717, 1.165) is 4.90 Å². The van der Waals surface area contributed by atoms with Crippen LogP contribution in [0.15, 0.2) is 53.6 Å². The smallest absolute Gasteiger partial charge is 0.469 e. The Morgan fingerprint density at radius 2 is 1.88 bits per heavy atom. The van der Waals surface area contributed by atoms with Crippen LogP contribution in [-0.2, 0) is 18.9 Å². The molecule has 16 heteroatoms. The largest absolute Gasteiger partial charge is 0.491 e. The number of aromatic nitrogens is 2. The van der Waals surface area contributed by atoms with Gasteiger partial charge in [-0.2, -0.15) is 13.2 Å². The van der Waals surface area contributed by atoms with Gasteiger partial charge in [0.2, 0.25) is 0 Å². The molecule has 0 bridgehead atoms. The lowest BCUT2D eigenvalue weighted by atomic mass is 9.99. The molecule has 0 saturated heterocycles. The van der Waals surface area contributed by atoms with E-state index >= 15 is 0 Å². The molecule has 43 heavy (non-hydrogen) atoms. The predicted molar refractivity (Wildman–Crippen MR) is 155 cm³/mol. The standard InChI is InChI=1S/C27H28ClF3N3O7PS/c28-18-14-22-24-21(17-3-1-4-20(13-17)43(38,39)19-5-6-19)7-8-23(25(24)33-26(22)32-15-18)40-11-2-9-34(16-27(29,30)31)10-12-41-42(35,36)37/h1,3-4,7-8,13-15,19H,2,5-6,9-12,16H2,(H,32,33)(H2,35,36,37). The minimum Gasteiger partial charge on any atom is -0.491 e. The molecule has 2 aromatic heterocycles. The fraction of sp³-hybridized carbons (Fsp3) is 0.370. The van der Waals surface area contributed by atoms with Crippen molar-refractivity contribution in [3.05, 3.63) is 53.7 Å². The van der Waals surface area contributed by atoms with E-state index in [4.69, 9.17) is 26.1 Å². The van der Waals surface area contributed by atoms with Crippen molar-refractivity contribution in [1.82, 2.24) is 14.9 Å². The number of nitrogens with one attached hydrogen (secondary N) is 1. The number of phosphoric ester groups is 1. The number of hydrogen-bond donors (Lipinski definition) is 3. The predicted octanol–water partition coefficient (Wildman–Crippen LogP) is 5.72. The monoisotopic (exact) mass is 661 g/mol. The number of hydrogen-bond acceptors (Lipinski definition) is 7. The molecule has 4 aromatic rings. The van der Waals surface area contributed by atoms with E-state index < -0.39 is 37.0 Å². The Morgan fingerprint density at radius 1 is 1.12 bits per heavy atom. The molecule has 0 unspecified atom stereocenters. The van der Waals surface area contributed by atoms with Gasteiger partial charge in [-0.25, -0.2) is 18.0 Å². The van der Waals surface area contributed by atoms with Crippen LogP contribution >= 0.6 is 19.4 Å². The SMILES string of the molecule is O=P(O)(O)OCCN(CCCOc1ccc(-c2cccc(S(=O)(=O)C3CC3)c2)c2c1[nH]c1ncc(Cl)cc12)CC(F)(F)F. The molecule has 0 amide bonds. The molecule has 232 valence electrons. The first-order valence-electron chi connectivity index (χ1n) is 13.3. The summed E-state index contributed by atoms with van der Waals surface area (Å²) < 4.78 is 86.1. The second-order valence-corrected chi connectivity index (χ2v) is 14.1. The van der Waals surface area contributed by atoms with Crippen molar-refractivity contribution >= 4 is 51.2 Å². The van der Waals surface area contributed by atoms with E-state index in [2.05, 4.69) is 14.5 Å². The molecule has 3 N–H and O–H groups in total. The van der Waals surface area contributed by atoms with Gasteiger partial charge in [0.25, 0.3) is 0 Å². The van der Waals surface area contributed by atoms with Gasteiger partial charge < -0.3 is 19.5 Å². The van der Waals surface area contributed by atoms with Gasteiger partial charge in [-0.15, -0.1) is 0 Å². The maximum Gasteiger partial charge on any atom is 0.469 e. The van der Waals surface area contributed by atoms with Crippen molar-refractivity contribution in [3.63, 3.8) is 0 Å². The number of alkyl halides is 3. The van der Waals surface area contributed by atoms with Gasteiger partial charge in [0.15, 0.2) is 9.84 Å². The number of pyridine rings is 1. The van der Waals surface area contributed by atoms with E-state index in [1.807, 2.05) is 6.07 Å². The zero-order chi connectivity index (χ0) is 31.0. The number of nitrogens with zero attached hydrogens (tertiary/aromatic N) is 2. The fourth-order valence-corrected chi connectivity index (χ4v) is 7.07. The van der Waals surface area contributed by atoms with Gasteiger partial charge >= 0.3 is 14.0 Å². The summed E-state index contributed by atoms with van der Waals surface area (Å²) in [6.45, 7) is -2.23. The molecular weight excluding hydrogens is 634 g/mol. The maximum absolute atomic E-state index is 13.0. The van der Waals surface area contributed by atoms with Crippen LogP contribution in [0.4, 0.5) is 13.2 Å². The normalized spacial score (nSPS) is 14.7. The summed E-state index contributed by atoms with van der Waals surface area (Å²) in [6.07, 6.45) is -1.58. The van der Waals surface area contributed by atoms with Crippen molar-refractivity contribution in [2.45, 2.75) is 35.6 Å². The van der Waals surface area contributed by atoms with Gasteiger partial charge in [0, 0.05) is 30.1 Å². The molecule has 1 saturated carbocycles. The zero-order valence-electron chi connectivity index (χ0n) is 22.6.